The van der Waals surface area contributed by atoms with E-state index in [2.05, 4.69) is 10.6 Å². The molecular weight excluding hydrogens is 360 g/mol. The highest BCUT2D eigenvalue weighted by atomic mass is 16.6. The fourth-order valence-corrected chi connectivity index (χ4v) is 2.39. The Bertz CT molecular complexity index is 871. The predicted octanol–water partition coefficient (Wildman–Crippen LogP) is 3.60. The number of nitrogens with one attached hydrogen (secondary N) is 2. The van der Waals surface area contributed by atoms with Gasteiger partial charge in [0.05, 0.1) is 12.7 Å². The van der Waals surface area contributed by atoms with Crippen LogP contribution >= 0.6 is 0 Å². The number of methoxy groups -OCH3 is 1. The largest absolute Gasteiger partial charge is 0.465 e. The molecule has 0 aliphatic carbocycles. The van der Waals surface area contributed by atoms with Crippen molar-refractivity contribution in [3.05, 3.63) is 54.1 Å². The van der Waals surface area contributed by atoms with Crippen molar-refractivity contribution in [2.45, 2.75) is 26.4 Å². The quantitative estimate of drug-likeness (QED) is 0.768. The number of amides is 2. The molecule has 0 heterocycles. The lowest BCUT2D eigenvalue weighted by atomic mass is 10.0. The highest BCUT2D eigenvalue weighted by molar-refractivity contribution is 5.95. The van der Waals surface area contributed by atoms with E-state index in [4.69, 9.17) is 9.47 Å². The minimum Gasteiger partial charge on any atom is -0.465 e. The van der Waals surface area contributed by atoms with E-state index in [0.29, 0.717) is 11.3 Å². The summed E-state index contributed by atoms with van der Waals surface area (Å²) in [6.07, 6.45) is -0.656. The second kappa shape index (κ2) is 9.03. The molecule has 148 valence electrons. The van der Waals surface area contributed by atoms with Crippen LogP contribution in [0.15, 0.2) is 48.5 Å². The zero-order chi connectivity index (χ0) is 20.7. The van der Waals surface area contributed by atoms with Gasteiger partial charge in [-0.3, -0.25) is 4.79 Å². The van der Waals surface area contributed by atoms with Crippen LogP contribution in [0.2, 0.25) is 0 Å². The van der Waals surface area contributed by atoms with E-state index in [1.165, 1.54) is 7.11 Å². The number of alkyl carbamates (subject to hydrolysis) is 1. The van der Waals surface area contributed by atoms with Gasteiger partial charge in [0, 0.05) is 5.69 Å². The smallest absolute Gasteiger partial charge is 0.408 e. The molecule has 0 bridgehead atoms. The Hall–Kier alpha value is -3.35. The maximum absolute atomic E-state index is 12.1. The third-order valence-electron chi connectivity index (χ3n) is 3.56. The number of ether oxygens (including phenoxy) is 2. The summed E-state index contributed by atoms with van der Waals surface area (Å²) in [5.74, 6) is -0.800. The monoisotopic (exact) mass is 384 g/mol. The van der Waals surface area contributed by atoms with Crippen LogP contribution in [-0.2, 0) is 14.3 Å². The van der Waals surface area contributed by atoms with E-state index in [9.17, 15) is 14.4 Å². The molecule has 7 heteroatoms. The summed E-state index contributed by atoms with van der Waals surface area (Å²) in [7, 11) is 1.33. The van der Waals surface area contributed by atoms with Gasteiger partial charge in [0.1, 0.15) is 12.1 Å². The number of rotatable bonds is 5. The van der Waals surface area contributed by atoms with Crippen LogP contribution in [0.1, 0.15) is 31.1 Å². The summed E-state index contributed by atoms with van der Waals surface area (Å²) in [5.41, 5.74) is 2.01. The molecule has 2 amide bonds. The van der Waals surface area contributed by atoms with Crippen molar-refractivity contribution >= 4 is 23.7 Å². The minimum atomic E-state index is -0.656. The van der Waals surface area contributed by atoms with Crippen molar-refractivity contribution in [3.63, 3.8) is 0 Å². The summed E-state index contributed by atoms with van der Waals surface area (Å²) in [4.78, 5) is 35.4. The molecule has 2 rings (SSSR count). The maximum atomic E-state index is 12.1. The average Bonchev–Trinajstić information content (AvgIpc) is 2.65. The van der Waals surface area contributed by atoms with Crippen molar-refractivity contribution in [2.75, 3.05) is 19.0 Å². The van der Waals surface area contributed by atoms with Gasteiger partial charge in [-0.1, -0.05) is 24.3 Å². The maximum Gasteiger partial charge on any atom is 0.408 e. The molecule has 0 saturated carbocycles. The fourth-order valence-electron chi connectivity index (χ4n) is 2.39. The molecule has 0 atom stereocenters. The normalized spacial score (nSPS) is 10.7. The summed E-state index contributed by atoms with van der Waals surface area (Å²) < 4.78 is 9.83. The van der Waals surface area contributed by atoms with Crippen molar-refractivity contribution in [1.29, 1.82) is 0 Å². The van der Waals surface area contributed by atoms with Gasteiger partial charge in [-0.05, 0) is 56.2 Å². The number of carbonyl (C=O) groups excluding carboxylic acids is 3. The lowest BCUT2D eigenvalue weighted by molar-refractivity contribution is -0.115. The molecule has 0 spiro atoms. The molecule has 0 aromatic heterocycles. The Balaban J connectivity index is 2.02. The van der Waals surface area contributed by atoms with Crippen LogP contribution in [0.25, 0.3) is 11.1 Å². The summed E-state index contributed by atoms with van der Waals surface area (Å²) in [6.45, 7) is 5.02. The fraction of sp³-hybridized carbons (Fsp3) is 0.286. The van der Waals surface area contributed by atoms with Gasteiger partial charge in [-0.2, -0.15) is 0 Å². The Morgan fingerprint density at radius 2 is 1.61 bits per heavy atom. The first kappa shape index (κ1) is 21.0. The van der Waals surface area contributed by atoms with Crippen LogP contribution in [0.5, 0.6) is 0 Å². The van der Waals surface area contributed by atoms with E-state index >= 15 is 0 Å². The second-order valence-electron chi connectivity index (χ2n) is 7.06. The zero-order valence-electron chi connectivity index (χ0n) is 16.4. The number of hydrogen-bond acceptors (Lipinski definition) is 5. The lowest BCUT2D eigenvalue weighted by Gasteiger charge is -2.19. The molecule has 28 heavy (non-hydrogen) atoms. The number of anilines is 1. The van der Waals surface area contributed by atoms with Crippen LogP contribution in [0.4, 0.5) is 10.5 Å². The highest BCUT2D eigenvalue weighted by Crippen LogP contribution is 2.24. The number of hydrogen-bond donors (Lipinski definition) is 2. The van der Waals surface area contributed by atoms with Crippen molar-refractivity contribution < 1.29 is 23.9 Å². The molecule has 0 aliphatic rings. The predicted molar refractivity (Wildman–Crippen MR) is 106 cm³/mol. The first-order valence-corrected chi connectivity index (χ1v) is 8.73. The van der Waals surface area contributed by atoms with Gasteiger partial charge in [-0.15, -0.1) is 0 Å². The Kier molecular flexibility index (Phi) is 6.76. The molecule has 0 unspecified atom stereocenters. The molecular formula is C21H24N2O5. The third-order valence-corrected chi connectivity index (χ3v) is 3.56. The van der Waals surface area contributed by atoms with Crippen molar-refractivity contribution in [3.8, 4) is 11.1 Å². The standard InChI is InChI=1S/C21H24N2O5/c1-21(2,3)28-20(26)22-13-18(24)23-17-10-6-8-15(12-17)14-7-5-9-16(11-14)19(25)27-4/h5-12H,13H2,1-4H3,(H,22,26)(H,23,24). The Morgan fingerprint density at radius 3 is 2.25 bits per heavy atom. The zero-order valence-corrected chi connectivity index (χ0v) is 16.4. The second-order valence-corrected chi connectivity index (χ2v) is 7.06. The van der Waals surface area contributed by atoms with E-state index in [1.807, 2.05) is 12.1 Å². The van der Waals surface area contributed by atoms with Gasteiger partial charge >= 0.3 is 12.1 Å². The topological polar surface area (TPSA) is 93.7 Å². The molecule has 2 aromatic rings. The first-order chi connectivity index (χ1) is 13.2. The average molecular weight is 384 g/mol. The van der Waals surface area contributed by atoms with Gasteiger partial charge in [-0.25, -0.2) is 9.59 Å². The molecule has 0 aliphatic heterocycles. The molecule has 0 radical (unpaired) electrons. The van der Waals surface area contributed by atoms with E-state index in [0.717, 1.165) is 11.1 Å². The van der Waals surface area contributed by atoms with Gasteiger partial charge in [0.15, 0.2) is 0 Å². The van der Waals surface area contributed by atoms with Crippen LogP contribution in [0.3, 0.4) is 0 Å². The molecule has 0 saturated heterocycles. The molecule has 2 aromatic carbocycles. The van der Waals surface area contributed by atoms with Crippen LogP contribution in [-0.4, -0.2) is 37.2 Å². The van der Waals surface area contributed by atoms with Crippen LogP contribution in [0, 0.1) is 0 Å². The number of benzene rings is 2. The van der Waals surface area contributed by atoms with Gasteiger partial charge in [0.25, 0.3) is 0 Å². The summed E-state index contributed by atoms with van der Waals surface area (Å²) >= 11 is 0. The molecule has 0 fully saturated rings. The minimum absolute atomic E-state index is 0.211. The van der Waals surface area contributed by atoms with Crippen LogP contribution < -0.4 is 10.6 Å². The van der Waals surface area contributed by atoms with Crippen molar-refractivity contribution in [1.82, 2.24) is 5.32 Å². The van der Waals surface area contributed by atoms with E-state index in [-0.39, 0.29) is 12.5 Å². The van der Waals surface area contributed by atoms with Gasteiger partial charge < -0.3 is 20.1 Å². The SMILES string of the molecule is COC(=O)c1cccc(-c2cccc(NC(=O)CNC(=O)OC(C)(C)C)c2)c1. The lowest BCUT2D eigenvalue weighted by Crippen LogP contribution is -2.37. The number of carbonyl (C=O) groups is 3. The van der Waals surface area contributed by atoms with E-state index in [1.54, 1.807) is 57.2 Å². The molecule has 7 nitrogen and oxygen atoms in total. The molecule has 2 N–H and O–H groups in total. The Morgan fingerprint density at radius 1 is 0.964 bits per heavy atom. The third kappa shape index (κ3) is 6.42. The highest BCUT2D eigenvalue weighted by Gasteiger charge is 2.16. The number of esters is 1. The van der Waals surface area contributed by atoms with Gasteiger partial charge in [0.2, 0.25) is 5.91 Å². The first-order valence-electron chi connectivity index (χ1n) is 8.73. The van der Waals surface area contributed by atoms with Crippen molar-refractivity contribution in [2.24, 2.45) is 0 Å². The van der Waals surface area contributed by atoms with E-state index < -0.39 is 17.7 Å². The Labute approximate surface area is 164 Å². The summed E-state index contributed by atoms with van der Waals surface area (Å²) in [6, 6.07) is 14.2. The summed E-state index contributed by atoms with van der Waals surface area (Å²) in [5, 5.41) is 5.13.